The number of hydrogen-bond acceptors (Lipinski definition) is 3. The summed E-state index contributed by atoms with van der Waals surface area (Å²) in [5.74, 6) is 0. The molecule has 1 atom stereocenters. The van der Waals surface area contributed by atoms with Gasteiger partial charge in [-0.1, -0.05) is 29.8 Å². The van der Waals surface area contributed by atoms with E-state index in [0.717, 1.165) is 10.2 Å². The highest BCUT2D eigenvalue weighted by Crippen LogP contribution is 2.30. The molecular formula is C14H12BrClN2O2. The summed E-state index contributed by atoms with van der Waals surface area (Å²) in [5.41, 5.74) is 1.55. The molecule has 1 unspecified atom stereocenters. The summed E-state index contributed by atoms with van der Waals surface area (Å²) in [6, 6.07) is 12.0. The van der Waals surface area contributed by atoms with Crippen LogP contribution in [-0.4, -0.2) is 4.92 Å². The second-order valence-electron chi connectivity index (χ2n) is 4.31. The zero-order valence-corrected chi connectivity index (χ0v) is 13.0. The van der Waals surface area contributed by atoms with E-state index in [1.165, 1.54) is 6.07 Å². The Morgan fingerprint density at radius 3 is 2.65 bits per heavy atom. The first-order chi connectivity index (χ1) is 9.49. The van der Waals surface area contributed by atoms with Crippen molar-refractivity contribution in [3.05, 3.63) is 67.6 Å². The van der Waals surface area contributed by atoms with Gasteiger partial charge in [-0.3, -0.25) is 10.1 Å². The molecule has 0 aliphatic heterocycles. The molecule has 0 saturated carbocycles. The molecule has 20 heavy (non-hydrogen) atoms. The van der Waals surface area contributed by atoms with Crippen LogP contribution >= 0.6 is 27.5 Å². The minimum absolute atomic E-state index is 0.107. The maximum Gasteiger partial charge on any atom is 0.274 e. The number of rotatable bonds is 4. The Labute approximate surface area is 130 Å². The zero-order valence-electron chi connectivity index (χ0n) is 10.6. The first-order valence-corrected chi connectivity index (χ1v) is 7.11. The van der Waals surface area contributed by atoms with E-state index in [1.807, 2.05) is 19.1 Å². The second kappa shape index (κ2) is 6.24. The van der Waals surface area contributed by atoms with E-state index in [9.17, 15) is 10.1 Å². The van der Waals surface area contributed by atoms with Gasteiger partial charge in [-0.2, -0.15) is 0 Å². The van der Waals surface area contributed by atoms with Crippen LogP contribution in [0.15, 0.2) is 46.9 Å². The van der Waals surface area contributed by atoms with Gasteiger partial charge in [0.25, 0.3) is 5.69 Å². The number of anilines is 1. The van der Waals surface area contributed by atoms with Gasteiger partial charge < -0.3 is 5.32 Å². The van der Waals surface area contributed by atoms with Crippen molar-refractivity contribution in [1.82, 2.24) is 0 Å². The Bertz CT molecular complexity index is 649. The third-order valence-corrected chi connectivity index (χ3v) is 4.14. The van der Waals surface area contributed by atoms with E-state index < -0.39 is 0 Å². The predicted octanol–water partition coefficient (Wildman–Crippen LogP) is 5.18. The minimum Gasteiger partial charge on any atom is -0.378 e. The van der Waals surface area contributed by atoms with Crippen LogP contribution in [0.1, 0.15) is 18.5 Å². The third kappa shape index (κ3) is 3.29. The Hall–Kier alpha value is -1.59. The molecule has 2 rings (SSSR count). The molecule has 0 radical (unpaired) electrons. The molecule has 0 aliphatic carbocycles. The summed E-state index contributed by atoms with van der Waals surface area (Å²) in [6.07, 6.45) is 0. The molecule has 104 valence electrons. The van der Waals surface area contributed by atoms with Crippen LogP contribution in [0.25, 0.3) is 0 Å². The first kappa shape index (κ1) is 14.8. The molecule has 2 aromatic rings. The number of nitro groups is 1. The molecule has 0 bridgehead atoms. The lowest BCUT2D eigenvalue weighted by Crippen LogP contribution is -2.09. The molecule has 0 saturated heterocycles. The largest absolute Gasteiger partial charge is 0.378 e. The number of nitrogens with zero attached hydrogens (tertiary/aromatic N) is 1. The van der Waals surface area contributed by atoms with Gasteiger partial charge in [-0.05, 0) is 41.1 Å². The molecule has 0 heterocycles. The summed E-state index contributed by atoms with van der Waals surface area (Å²) in [7, 11) is 0. The van der Waals surface area contributed by atoms with Crippen LogP contribution in [-0.2, 0) is 0 Å². The highest BCUT2D eigenvalue weighted by Gasteiger charge is 2.18. The van der Waals surface area contributed by atoms with Gasteiger partial charge in [0.05, 0.1) is 21.6 Å². The van der Waals surface area contributed by atoms with Crippen LogP contribution in [0.3, 0.4) is 0 Å². The van der Waals surface area contributed by atoms with E-state index in [2.05, 4.69) is 21.2 Å². The zero-order chi connectivity index (χ0) is 14.7. The molecule has 0 fully saturated rings. The molecule has 0 aromatic heterocycles. The van der Waals surface area contributed by atoms with Gasteiger partial charge >= 0.3 is 0 Å². The number of benzene rings is 2. The van der Waals surface area contributed by atoms with Crippen molar-refractivity contribution in [3.63, 3.8) is 0 Å². The van der Waals surface area contributed by atoms with Crippen molar-refractivity contribution in [1.29, 1.82) is 0 Å². The fourth-order valence-electron chi connectivity index (χ4n) is 1.93. The maximum absolute atomic E-state index is 11.0. The van der Waals surface area contributed by atoms with Gasteiger partial charge in [0.15, 0.2) is 0 Å². The Balaban J connectivity index is 2.26. The van der Waals surface area contributed by atoms with E-state index >= 15 is 0 Å². The lowest BCUT2D eigenvalue weighted by Gasteiger charge is -2.16. The topological polar surface area (TPSA) is 55.2 Å². The predicted molar refractivity (Wildman–Crippen MR) is 84.3 cm³/mol. The summed E-state index contributed by atoms with van der Waals surface area (Å²) in [6.45, 7) is 1.87. The minimum atomic E-state index is -0.373. The van der Waals surface area contributed by atoms with E-state index in [1.54, 1.807) is 24.3 Å². The van der Waals surface area contributed by atoms with Crippen LogP contribution in [0, 0.1) is 10.1 Å². The molecule has 0 amide bonds. The molecular weight excluding hydrogens is 344 g/mol. The average molecular weight is 356 g/mol. The quantitative estimate of drug-likeness (QED) is 0.607. The van der Waals surface area contributed by atoms with E-state index in [-0.39, 0.29) is 16.7 Å². The molecule has 0 aliphatic rings. The van der Waals surface area contributed by atoms with Gasteiger partial charge in [0.1, 0.15) is 0 Å². The normalized spacial score (nSPS) is 11.9. The lowest BCUT2D eigenvalue weighted by molar-refractivity contribution is -0.385. The SMILES string of the molecule is CC(Nc1ccc(Br)c(Cl)c1)c1ccccc1[N+](=O)[O-]. The molecule has 1 N–H and O–H groups in total. The smallest absolute Gasteiger partial charge is 0.274 e. The van der Waals surface area contributed by atoms with E-state index in [0.29, 0.717) is 10.6 Å². The monoisotopic (exact) mass is 354 g/mol. The van der Waals surface area contributed by atoms with Crippen LogP contribution in [0.2, 0.25) is 5.02 Å². The van der Waals surface area contributed by atoms with Crippen LogP contribution in [0.5, 0.6) is 0 Å². The standard InChI is InChI=1S/C14H12BrClN2O2/c1-9(11-4-2-3-5-14(11)18(19)20)17-10-6-7-12(15)13(16)8-10/h2-9,17H,1H3. The van der Waals surface area contributed by atoms with Crippen LogP contribution < -0.4 is 5.32 Å². The summed E-state index contributed by atoms with van der Waals surface area (Å²) in [5, 5.41) is 14.8. The molecule has 4 nitrogen and oxygen atoms in total. The Morgan fingerprint density at radius 1 is 1.30 bits per heavy atom. The van der Waals surface area contributed by atoms with Crippen molar-refractivity contribution in [2.24, 2.45) is 0 Å². The summed E-state index contributed by atoms with van der Waals surface area (Å²) >= 11 is 9.35. The Morgan fingerprint density at radius 2 is 2.00 bits per heavy atom. The number of hydrogen-bond donors (Lipinski definition) is 1. The fraction of sp³-hybridized carbons (Fsp3) is 0.143. The third-order valence-electron chi connectivity index (χ3n) is 2.90. The number of para-hydroxylation sites is 1. The highest BCUT2D eigenvalue weighted by molar-refractivity contribution is 9.10. The van der Waals surface area contributed by atoms with Crippen molar-refractivity contribution in [2.45, 2.75) is 13.0 Å². The van der Waals surface area contributed by atoms with Gasteiger partial charge in [0, 0.05) is 16.2 Å². The maximum atomic E-state index is 11.0. The second-order valence-corrected chi connectivity index (χ2v) is 5.57. The number of nitro benzene ring substituents is 1. The van der Waals surface area contributed by atoms with Crippen molar-refractivity contribution >= 4 is 38.9 Å². The van der Waals surface area contributed by atoms with Gasteiger partial charge in [-0.15, -0.1) is 0 Å². The molecule has 0 spiro atoms. The molecule has 2 aromatic carbocycles. The Kier molecular flexibility index (Phi) is 4.62. The summed E-state index contributed by atoms with van der Waals surface area (Å²) < 4.78 is 0.808. The van der Waals surface area contributed by atoms with Gasteiger partial charge in [0.2, 0.25) is 0 Å². The number of nitrogens with one attached hydrogen (secondary N) is 1. The fourth-order valence-corrected chi connectivity index (χ4v) is 2.36. The first-order valence-electron chi connectivity index (χ1n) is 5.94. The van der Waals surface area contributed by atoms with E-state index in [4.69, 9.17) is 11.6 Å². The summed E-state index contributed by atoms with van der Waals surface area (Å²) in [4.78, 5) is 10.7. The highest BCUT2D eigenvalue weighted by atomic mass is 79.9. The van der Waals surface area contributed by atoms with Crippen molar-refractivity contribution < 1.29 is 4.92 Å². The average Bonchev–Trinajstić information content (AvgIpc) is 2.43. The molecule has 6 heteroatoms. The van der Waals surface area contributed by atoms with Crippen LogP contribution in [0.4, 0.5) is 11.4 Å². The lowest BCUT2D eigenvalue weighted by atomic mass is 10.1. The van der Waals surface area contributed by atoms with Crippen molar-refractivity contribution in [2.75, 3.05) is 5.32 Å². The number of halogens is 2. The van der Waals surface area contributed by atoms with Gasteiger partial charge in [-0.25, -0.2) is 0 Å². The van der Waals surface area contributed by atoms with Crippen molar-refractivity contribution in [3.8, 4) is 0 Å².